The normalized spacial score (nSPS) is 17.1. The first kappa shape index (κ1) is 16.2. The van der Waals surface area contributed by atoms with Gasteiger partial charge in [0.15, 0.2) is 5.82 Å². The summed E-state index contributed by atoms with van der Waals surface area (Å²) in [6.07, 6.45) is 7.70. The van der Waals surface area contributed by atoms with E-state index in [1.807, 2.05) is 0 Å². The Bertz CT molecular complexity index is 442. The lowest BCUT2D eigenvalue weighted by Crippen LogP contribution is -2.29. The maximum atomic E-state index is 6.12. The van der Waals surface area contributed by atoms with Gasteiger partial charge in [-0.3, -0.25) is 0 Å². The van der Waals surface area contributed by atoms with Crippen LogP contribution < -0.4 is 5.32 Å². The zero-order valence-corrected chi connectivity index (χ0v) is 13.7. The Morgan fingerprint density at radius 3 is 2.52 bits per heavy atom. The number of hydrogen-bond donors (Lipinski definition) is 1. The fourth-order valence-electron chi connectivity index (χ4n) is 3.08. The van der Waals surface area contributed by atoms with Crippen molar-refractivity contribution in [1.29, 1.82) is 0 Å². The van der Waals surface area contributed by atoms with Gasteiger partial charge in [-0.25, -0.2) is 9.97 Å². The van der Waals surface area contributed by atoms with E-state index in [0.29, 0.717) is 0 Å². The Morgan fingerprint density at radius 1 is 1.14 bits per heavy atom. The topological polar surface area (TPSA) is 47.0 Å². The summed E-state index contributed by atoms with van der Waals surface area (Å²) in [5.74, 6) is 1.85. The second-order valence-corrected chi connectivity index (χ2v) is 5.88. The maximum Gasteiger partial charge on any atom is 0.162 e. The molecule has 1 aromatic heterocycles. The van der Waals surface area contributed by atoms with Crippen LogP contribution in [0.4, 0.5) is 5.82 Å². The standard InChI is InChI=1S/C17H29N3O/c1-4-9-14-13-15(18-12-5-2)20-16(19-14)17(21-6-3)10-7-8-11-17/h13H,4-12H2,1-3H3,(H,18,19,20). The van der Waals surface area contributed by atoms with Gasteiger partial charge in [-0.05, 0) is 45.4 Å². The highest BCUT2D eigenvalue weighted by Gasteiger charge is 2.39. The summed E-state index contributed by atoms with van der Waals surface area (Å²) in [6.45, 7) is 8.09. The van der Waals surface area contributed by atoms with Crippen LogP contribution in [0, 0.1) is 0 Å². The number of nitrogens with one attached hydrogen (secondary N) is 1. The molecular formula is C17H29N3O. The summed E-state index contributed by atoms with van der Waals surface area (Å²) in [7, 11) is 0. The molecule has 4 nitrogen and oxygen atoms in total. The molecular weight excluding hydrogens is 262 g/mol. The van der Waals surface area contributed by atoms with Gasteiger partial charge in [0, 0.05) is 24.9 Å². The zero-order chi connectivity index (χ0) is 15.1. The third kappa shape index (κ3) is 3.94. The minimum atomic E-state index is -0.249. The predicted octanol–water partition coefficient (Wildman–Crippen LogP) is 4.06. The molecule has 0 bridgehead atoms. The maximum absolute atomic E-state index is 6.12. The van der Waals surface area contributed by atoms with E-state index in [0.717, 1.165) is 62.6 Å². The Kier molecular flexibility index (Phi) is 5.97. The molecule has 1 aliphatic carbocycles. The van der Waals surface area contributed by atoms with E-state index in [9.17, 15) is 0 Å². The first-order chi connectivity index (χ1) is 10.2. The molecule has 0 radical (unpaired) electrons. The third-order valence-corrected chi connectivity index (χ3v) is 4.08. The molecule has 0 unspecified atom stereocenters. The molecule has 0 atom stereocenters. The molecule has 1 aromatic rings. The lowest BCUT2D eigenvalue weighted by molar-refractivity contribution is -0.0457. The Labute approximate surface area is 128 Å². The molecule has 0 amide bonds. The molecule has 1 saturated carbocycles. The van der Waals surface area contributed by atoms with E-state index >= 15 is 0 Å². The highest BCUT2D eigenvalue weighted by atomic mass is 16.5. The van der Waals surface area contributed by atoms with Crippen LogP contribution in [0.2, 0.25) is 0 Å². The summed E-state index contributed by atoms with van der Waals surface area (Å²) in [4.78, 5) is 9.61. The summed E-state index contributed by atoms with van der Waals surface area (Å²) < 4.78 is 6.12. The minimum absolute atomic E-state index is 0.249. The molecule has 0 aromatic carbocycles. The van der Waals surface area contributed by atoms with Gasteiger partial charge in [0.25, 0.3) is 0 Å². The monoisotopic (exact) mass is 291 g/mol. The van der Waals surface area contributed by atoms with E-state index in [1.165, 1.54) is 12.8 Å². The predicted molar refractivity (Wildman–Crippen MR) is 86.6 cm³/mol. The van der Waals surface area contributed by atoms with Crippen molar-refractivity contribution in [3.05, 3.63) is 17.6 Å². The van der Waals surface area contributed by atoms with Gasteiger partial charge >= 0.3 is 0 Å². The number of aryl methyl sites for hydroxylation is 1. The van der Waals surface area contributed by atoms with E-state index < -0.39 is 0 Å². The van der Waals surface area contributed by atoms with Gasteiger partial charge in [0.1, 0.15) is 11.4 Å². The molecule has 1 N–H and O–H groups in total. The van der Waals surface area contributed by atoms with Crippen molar-refractivity contribution in [3.8, 4) is 0 Å². The first-order valence-corrected chi connectivity index (χ1v) is 8.50. The summed E-state index contributed by atoms with van der Waals surface area (Å²) >= 11 is 0. The minimum Gasteiger partial charge on any atom is -0.370 e. The van der Waals surface area contributed by atoms with Gasteiger partial charge in [-0.1, -0.05) is 20.3 Å². The Balaban J connectivity index is 2.32. The van der Waals surface area contributed by atoms with Crippen LogP contribution in [-0.2, 0) is 16.8 Å². The van der Waals surface area contributed by atoms with Gasteiger partial charge in [0.05, 0.1) is 0 Å². The lowest BCUT2D eigenvalue weighted by atomic mass is 10.0. The smallest absolute Gasteiger partial charge is 0.162 e. The Morgan fingerprint density at radius 2 is 1.90 bits per heavy atom. The van der Waals surface area contributed by atoms with Crippen LogP contribution in [0.3, 0.4) is 0 Å². The van der Waals surface area contributed by atoms with E-state index in [-0.39, 0.29) is 5.60 Å². The number of ether oxygens (including phenoxy) is 1. The van der Waals surface area contributed by atoms with Crippen LogP contribution in [0.15, 0.2) is 6.07 Å². The van der Waals surface area contributed by atoms with Gasteiger partial charge in [-0.15, -0.1) is 0 Å². The number of aromatic nitrogens is 2. The SMILES string of the molecule is CCCNc1cc(CCC)nc(C2(OCC)CCCC2)n1. The molecule has 0 spiro atoms. The largest absolute Gasteiger partial charge is 0.370 e. The second-order valence-electron chi connectivity index (χ2n) is 5.88. The zero-order valence-electron chi connectivity index (χ0n) is 13.7. The van der Waals surface area contributed by atoms with Crippen molar-refractivity contribution in [3.63, 3.8) is 0 Å². The highest BCUT2D eigenvalue weighted by molar-refractivity contribution is 5.37. The van der Waals surface area contributed by atoms with Crippen LogP contribution >= 0.6 is 0 Å². The molecule has 0 saturated heterocycles. The first-order valence-electron chi connectivity index (χ1n) is 8.50. The van der Waals surface area contributed by atoms with Crippen LogP contribution in [0.5, 0.6) is 0 Å². The second kappa shape index (κ2) is 7.74. The quantitative estimate of drug-likeness (QED) is 0.784. The van der Waals surface area contributed by atoms with Crippen LogP contribution in [-0.4, -0.2) is 23.1 Å². The van der Waals surface area contributed by atoms with Crippen molar-refractivity contribution in [2.75, 3.05) is 18.5 Å². The molecule has 0 aliphatic heterocycles. The van der Waals surface area contributed by atoms with E-state index in [2.05, 4.69) is 32.2 Å². The fraction of sp³-hybridized carbons (Fsp3) is 0.765. The van der Waals surface area contributed by atoms with Crippen LogP contribution in [0.1, 0.15) is 70.8 Å². The third-order valence-electron chi connectivity index (χ3n) is 4.08. The molecule has 1 heterocycles. The average molecular weight is 291 g/mol. The van der Waals surface area contributed by atoms with Crippen molar-refractivity contribution in [2.24, 2.45) is 0 Å². The fourth-order valence-corrected chi connectivity index (χ4v) is 3.08. The van der Waals surface area contributed by atoms with E-state index in [4.69, 9.17) is 14.7 Å². The molecule has 2 rings (SSSR count). The highest BCUT2D eigenvalue weighted by Crippen LogP contribution is 2.40. The number of anilines is 1. The van der Waals surface area contributed by atoms with Crippen molar-refractivity contribution in [2.45, 2.75) is 71.3 Å². The number of rotatable bonds is 8. The molecule has 21 heavy (non-hydrogen) atoms. The number of hydrogen-bond acceptors (Lipinski definition) is 4. The van der Waals surface area contributed by atoms with Crippen LogP contribution in [0.25, 0.3) is 0 Å². The number of nitrogens with zero attached hydrogens (tertiary/aromatic N) is 2. The molecule has 4 heteroatoms. The van der Waals surface area contributed by atoms with Gasteiger partial charge < -0.3 is 10.1 Å². The summed E-state index contributed by atoms with van der Waals surface area (Å²) in [6, 6.07) is 2.09. The summed E-state index contributed by atoms with van der Waals surface area (Å²) in [5, 5.41) is 3.41. The molecule has 1 aliphatic rings. The van der Waals surface area contributed by atoms with Crippen molar-refractivity contribution >= 4 is 5.82 Å². The molecule has 118 valence electrons. The van der Waals surface area contributed by atoms with Crippen molar-refractivity contribution < 1.29 is 4.74 Å². The van der Waals surface area contributed by atoms with E-state index in [1.54, 1.807) is 0 Å². The van der Waals surface area contributed by atoms with Crippen molar-refractivity contribution in [1.82, 2.24) is 9.97 Å². The molecule has 1 fully saturated rings. The lowest BCUT2D eigenvalue weighted by Gasteiger charge is -2.28. The van der Waals surface area contributed by atoms with Gasteiger partial charge in [-0.2, -0.15) is 0 Å². The Hall–Kier alpha value is -1.16. The average Bonchev–Trinajstić information content (AvgIpc) is 2.95. The van der Waals surface area contributed by atoms with Gasteiger partial charge in [0.2, 0.25) is 0 Å². The summed E-state index contributed by atoms with van der Waals surface area (Å²) in [5.41, 5.74) is 0.883.